The van der Waals surface area contributed by atoms with Crippen LogP contribution in [-0.2, 0) is 26.0 Å². The van der Waals surface area contributed by atoms with Crippen LogP contribution < -0.4 is 21.6 Å². The Labute approximate surface area is 196 Å². The van der Waals surface area contributed by atoms with Gasteiger partial charge in [0.1, 0.15) is 11.8 Å². The van der Waals surface area contributed by atoms with Gasteiger partial charge < -0.3 is 16.2 Å². The van der Waals surface area contributed by atoms with Crippen molar-refractivity contribution in [2.45, 2.75) is 17.4 Å². The third-order valence-electron chi connectivity index (χ3n) is 4.60. The lowest BCUT2D eigenvalue weighted by Crippen LogP contribution is -2.54. The monoisotopic (exact) mass is 481 g/mol. The number of ether oxygens (including phenoxy) is 1. The summed E-state index contributed by atoms with van der Waals surface area (Å²) in [6.07, 6.45) is 0.116. The minimum absolute atomic E-state index is 0.0693. The van der Waals surface area contributed by atoms with Gasteiger partial charge in [-0.15, -0.1) is 0 Å². The Morgan fingerprint density at radius 3 is 2.26 bits per heavy atom. The summed E-state index contributed by atoms with van der Waals surface area (Å²) in [5.41, 5.74) is 13.9. The molecule has 0 spiro atoms. The minimum atomic E-state index is -4.31. The second kappa shape index (κ2) is 11.1. The second-order valence-electron chi connectivity index (χ2n) is 7.02. The highest BCUT2D eigenvalue weighted by Gasteiger charge is 2.37. The number of sulfonamides is 1. The molecule has 0 saturated heterocycles. The predicted octanol–water partition coefficient (Wildman–Crippen LogP) is 1.46. The minimum Gasteiger partial charge on any atom is -0.425 e. The number of nitrogens with zero attached hydrogens (tertiary/aromatic N) is 2. The highest BCUT2D eigenvalue weighted by Crippen LogP contribution is 2.23. The van der Waals surface area contributed by atoms with Crippen molar-refractivity contribution in [1.29, 1.82) is 0 Å². The van der Waals surface area contributed by atoms with E-state index in [9.17, 15) is 18.0 Å². The number of nitrogens with one attached hydrogen (secondary N) is 1. The second-order valence-corrected chi connectivity index (χ2v) is 8.84. The molecule has 0 aliphatic heterocycles. The fraction of sp³-hybridized carbons (Fsp3) is 0.0870. The summed E-state index contributed by atoms with van der Waals surface area (Å²) >= 11 is 0. The molecule has 3 aromatic rings. The van der Waals surface area contributed by atoms with Gasteiger partial charge in [0.25, 0.3) is 10.0 Å². The Bertz CT molecular complexity index is 1260. The standard InChI is InChI=1S/C23H23N5O5S/c24-23(25)27-18-10-7-11-19(15-18)33-22(30)21(14-17-8-3-1-4-9-17)28(26-16-29)34(31,32)20-12-5-2-6-13-20/h1-13,15-16,21H,14H2,(H,26,29)(H4,24,25,27)/t21-/m0/s1. The number of esters is 1. The predicted molar refractivity (Wildman–Crippen MR) is 126 cm³/mol. The average Bonchev–Trinajstić information content (AvgIpc) is 2.82. The van der Waals surface area contributed by atoms with Crippen LogP contribution in [0.3, 0.4) is 0 Å². The first-order chi connectivity index (χ1) is 16.3. The van der Waals surface area contributed by atoms with Gasteiger partial charge in [0.2, 0.25) is 6.41 Å². The number of carbonyl (C=O) groups is 2. The number of hydrazine groups is 1. The molecular weight excluding hydrogens is 458 g/mol. The molecule has 176 valence electrons. The lowest BCUT2D eigenvalue weighted by Gasteiger charge is -2.28. The molecule has 0 bridgehead atoms. The van der Waals surface area contributed by atoms with Crippen LogP contribution in [-0.4, -0.2) is 37.2 Å². The van der Waals surface area contributed by atoms with E-state index in [4.69, 9.17) is 16.2 Å². The van der Waals surface area contributed by atoms with Crippen LogP contribution in [0.5, 0.6) is 5.75 Å². The highest BCUT2D eigenvalue weighted by molar-refractivity contribution is 7.89. The topological polar surface area (TPSA) is 157 Å². The van der Waals surface area contributed by atoms with Gasteiger partial charge in [-0.2, -0.15) is 0 Å². The van der Waals surface area contributed by atoms with Crippen LogP contribution in [0.15, 0.2) is 94.8 Å². The number of carbonyl (C=O) groups excluding carboxylic acids is 2. The van der Waals surface area contributed by atoms with E-state index in [0.29, 0.717) is 15.7 Å². The number of nitrogens with two attached hydrogens (primary N) is 2. The third kappa shape index (κ3) is 6.18. The molecule has 0 fully saturated rings. The molecule has 0 saturated carbocycles. The largest absolute Gasteiger partial charge is 0.425 e. The fourth-order valence-corrected chi connectivity index (χ4v) is 4.54. The van der Waals surface area contributed by atoms with Gasteiger partial charge >= 0.3 is 5.97 Å². The van der Waals surface area contributed by atoms with Crippen molar-refractivity contribution in [3.05, 3.63) is 90.5 Å². The lowest BCUT2D eigenvalue weighted by atomic mass is 10.1. The van der Waals surface area contributed by atoms with Crippen molar-refractivity contribution >= 4 is 34.0 Å². The van der Waals surface area contributed by atoms with Crippen molar-refractivity contribution in [2.24, 2.45) is 16.5 Å². The van der Waals surface area contributed by atoms with Crippen molar-refractivity contribution in [3.63, 3.8) is 0 Å². The highest BCUT2D eigenvalue weighted by atomic mass is 32.2. The summed E-state index contributed by atoms with van der Waals surface area (Å²) < 4.78 is 32.8. The molecule has 34 heavy (non-hydrogen) atoms. The number of aliphatic imine (C=N–C) groups is 1. The molecule has 0 radical (unpaired) electrons. The molecule has 11 heteroatoms. The van der Waals surface area contributed by atoms with Gasteiger partial charge in [0.15, 0.2) is 5.96 Å². The smallest absolute Gasteiger partial charge is 0.332 e. The molecule has 0 unspecified atom stereocenters. The average molecular weight is 482 g/mol. The summed E-state index contributed by atoms with van der Waals surface area (Å²) in [5, 5.41) is 0. The van der Waals surface area contributed by atoms with E-state index in [1.807, 2.05) is 0 Å². The Morgan fingerprint density at radius 1 is 1.00 bits per heavy atom. The summed E-state index contributed by atoms with van der Waals surface area (Å²) in [7, 11) is -4.31. The zero-order valence-corrected chi connectivity index (χ0v) is 18.8. The molecule has 0 aliphatic carbocycles. The van der Waals surface area contributed by atoms with Crippen LogP contribution in [0.2, 0.25) is 0 Å². The SMILES string of the molecule is NC(N)=Nc1cccc(OC(=O)[C@H](Cc2ccccc2)N(NC=O)S(=O)(=O)c2ccccc2)c1. The molecule has 1 atom stereocenters. The summed E-state index contributed by atoms with van der Waals surface area (Å²) in [5.74, 6) is -1.01. The van der Waals surface area contributed by atoms with Crippen LogP contribution in [0.1, 0.15) is 5.56 Å². The molecule has 10 nitrogen and oxygen atoms in total. The van der Waals surface area contributed by atoms with Crippen molar-refractivity contribution in [3.8, 4) is 5.75 Å². The molecule has 0 aliphatic rings. The fourth-order valence-electron chi connectivity index (χ4n) is 3.13. The zero-order valence-electron chi connectivity index (χ0n) is 17.9. The van der Waals surface area contributed by atoms with E-state index in [-0.39, 0.29) is 29.4 Å². The van der Waals surface area contributed by atoms with Crippen molar-refractivity contribution in [1.82, 2.24) is 9.84 Å². The first-order valence-corrected chi connectivity index (χ1v) is 11.5. The number of benzene rings is 3. The number of guanidine groups is 1. The van der Waals surface area contributed by atoms with Crippen molar-refractivity contribution in [2.75, 3.05) is 0 Å². The van der Waals surface area contributed by atoms with Crippen molar-refractivity contribution < 1.29 is 22.7 Å². The number of hydrogen-bond donors (Lipinski definition) is 3. The van der Waals surface area contributed by atoms with Crippen LogP contribution in [0, 0.1) is 0 Å². The van der Waals surface area contributed by atoms with Gasteiger partial charge in [-0.3, -0.25) is 10.2 Å². The summed E-state index contributed by atoms with van der Waals surface area (Å²) in [6, 6.07) is 20.8. The Morgan fingerprint density at radius 2 is 1.65 bits per heavy atom. The Balaban J connectivity index is 2.00. The van der Waals surface area contributed by atoms with Gasteiger partial charge in [-0.05, 0) is 29.8 Å². The van der Waals surface area contributed by atoms with E-state index in [2.05, 4.69) is 10.4 Å². The van der Waals surface area contributed by atoms with Crippen LogP contribution in [0.25, 0.3) is 0 Å². The summed E-state index contributed by atoms with van der Waals surface area (Å²) in [4.78, 5) is 28.4. The van der Waals surface area contributed by atoms with E-state index >= 15 is 0 Å². The molecular formula is C23H23N5O5S. The molecule has 0 heterocycles. The van der Waals surface area contributed by atoms with Gasteiger partial charge in [-0.1, -0.05) is 59.0 Å². The third-order valence-corrected chi connectivity index (χ3v) is 6.35. The number of hydrogen-bond acceptors (Lipinski definition) is 6. The van der Waals surface area contributed by atoms with Crippen LogP contribution in [0.4, 0.5) is 5.69 Å². The number of rotatable bonds is 10. The lowest BCUT2D eigenvalue weighted by molar-refractivity contribution is -0.139. The van der Waals surface area contributed by atoms with Crippen LogP contribution >= 0.6 is 0 Å². The Hall–Kier alpha value is -4.22. The maximum absolute atomic E-state index is 13.3. The van der Waals surface area contributed by atoms with E-state index in [0.717, 1.165) is 0 Å². The number of amides is 1. The molecule has 3 rings (SSSR count). The Kier molecular flexibility index (Phi) is 7.96. The van der Waals surface area contributed by atoms with E-state index in [1.54, 1.807) is 48.5 Å². The molecule has 5 N–H and O–H groups in total. The van der Waals surface area contributed by atoms with E-state index < -0.39 is 22.0 Å². The normalized spacial score (nSPS) is 11.9. The maximum atomic E-state index is 13.3. The zero-order chi connectivity index (χ0) is 24.6. The first-order valence-electron chi connectivity index (χ1n) is 10.1. The van der Waals surface area contributed by atoms with Gasteiger partial charge in [0.05, 0.1) is 10.6 Å². The first kappa shape index (κ1) is 24.4. The summed E-state index contributed by atoms with van der Waals surface area (Å²) in [6.45, 7) is 0. The molecule has 1 amide bonds. The van der Waals surface area contributed by atoms with Gasteiger partial charge in [0, 0.05) is 12.5 Å². The molecule has 3 aromatic carbocycles. The van der Waals surface area contributed by atoms with Gasteiger partial charge in [-0.25, -0.2) is 18.2 Å². The quantitative estimate of drug-likeness (QED) is 0.0988. The van der Waals surface area contributed by atoms with E-state index in [1.165, 1.54) is 36.4 Å². The molecule has 0 aromatic heterocycles. The maximum Gasteiger partial charge on any atom is 0.332 e.